The minimum atomic E-state index is -0.540. The first-order chi connectivity index (χ1) is 9.60. The van der Waals surface area contributed by atoms with Gasteiger partial charge in [-0.1, -0.05) is 0 Å². The van der Waals surface area contributed by atoms with Gasteiger partial charge in [-0.3, -0.25) is 0 Å². The van der Waals surface area contributed by atoms with E-state index < -0.39 is 7.80 Å². The predicted octanol–water partition coefficient (Wildman–Crippen LogP) is 2.44. The van der Waals surface area contributed by atoms with Crippen molar-refractivity contribution in [2.24, 2.45) is 0 Å². The fourth-order valence-electron chi connectivity index (χ4n) is 1.75. The van der Waals surface area contributed by atoms with Gasteiger partial charge >= 0.3 is 0 Å². The lowest BCUT2D eigenvalue weighted by Gasteiger charge is -2.22. The summed E-state index contributed by atoms with van der Waals surface area (Å²) in [4.78, 5) is 0. The third-order valence-corrected chi connectivity index (χ3v) is 4.62. The number of rotatable bonds is 14. The molecule has 0 amide bonds. The van der Waals surface area contributed by atoms with Crippen LogP contribution in [0.15, 0.2) is 0 Å². The molecule has 0 rings (SSSR count). The molecule has 0 aromatic heterocycles. The Hall–Kier alpha value is 0.335. The van der Waals surface area contributed by atoms with E-state index in [0.29, 0.717) is 26.4 Å². The first-order valence-electron chi connectivity index (χ1n) is 7.48. The minimum absolute atomic E-state index is 0.183. The van der Waals surface area contributed by atoms with Gasteiger partial charge in [-0.2, -0.15) is 7.80 Å². The van der Waals surface area contributed by atoms with Crippen molar-refractivity contribution < 1.29 is 18.9 Å². The summed E-state index contributed by atoms with van der Waals surface area (Å²) in [5.74, 6) is 0. The molecule has 2 radical (unpaired) electrons. The van der Waals surface area contributed by atoms with Crippen molar-refractivity contribution in [2.75, 3.05) is 52.0 Å². The molecular weight excluding hydrogens is 274 g/mol. The first kappa shape index (κ1) is 20.3. The lowest BCUT2D eigenvalue weighted by Crippen LogP contribution is -2.20. The van der Waals surface area contributed by atoms with Gasteiger partial charge in [0.15, 0.2) is 0 Å². The molecule has 0 aliphatic carbocycles. The van der Waals surface area contributed by atoms with Gasteiger partial charge < -0.3 is 18.9 Å². The summed E-state index contributed by atoms with van der Waals surface area (Å²) in [5, 5.41) is 0. The van der Waals surface area contributed by atoms with Crippen LogP contribution in [0.2, 0.25) is 0 Å². The van der Waals surface area contributed by atoms with Crippen LogP contribution < -0.4 is 0 Å². The van der Waals surface area contributed by atoms with Crippen LogP contribution in [-0.4, -0.2) is 71.7 Å². The zero-order valence-corrected chi connectivity index (χ0v) is 14.4. The van der Waals surface area contributed by atoms with Crippen LogP contribution in [0, 0.1) is 0 Å². The molecule has 20 heavy (non-hydrogen) atoms. The van der Waals surface area contributed by atoms with E-state index in [1.807, 2.05) is 13.8 Å². The van der Waals surface area contributed by atoms with Gasteiger partial charge in [0, 0.05) is 13.2 Å². The highest BCUT2D eigenvalue weighted by molar-refractivity contribution is 7.82. The topological polar surface area (TPSA) is 36.9 Å². The van der Waals surface area contributed by atoms with E-state index in [4.69, 9.17) is 26.5 Å². The molecule has 0 spiro atoms. The third kappa shape index (κ3) is 13.3. The molecule has 0 saturated carbocycles. The lowest BCUT2D eigenvalue weighted by molar-refractivity contribution is 0.0222. The molecule has 118 valence electrons. The molecule has 6 heteroatoms. The van der Waals surface area contributed by atoms with Crippen LogP contribution >= 0.6 is 7.80 Å². The maximum absolute atomic E-state index is 6.18. The van der Waals surface area contributed by atoms with E-state index in [9.17, 15) is 0 Å². The highest BCUT2D eigenvalue weighted by atomic mass is 31.1. The van der Waals surface area contributed by atoms with Crippen LogP contribution in [0.4, 0.5) is 0 Å². The highest BCUT2D eigenvalue weighted by Gasteiger charge is 2.12. The summed E-state index contributed by atoms with van der Waals surface area (Å²) in [5.41, 5.74) is 0. The fourth-order valence-corrected chi connectivity index (χ4v) is 3.43. The maximum Gasteiger partial charge on any atom is 0.109 e. The van der Waals surface area contributed by atoms with Crippen molar-refractivity contribution in [2.45, 2.75) is 39.9 Å². The molecule has 0 aliphatic heterocycles. The SMILES string of the molecule is [B]P(C[C@H](C)OCCOCC)C[C@H](C)OCCOCC. The van der Waals surface area contributed by atoms with Crippen LogP contribution in [-0.2, 0) is 18.9 Å². The average Bonchev–Trinajstić information content (AvgIpc) is 2.39. The first-order valence-corrected chi connectivity index (χ1v) is 9.26. The van der Waals surface area contributed by atoms with Gasteiger partial charge in [0.1, 0.15) is 7.57 Å². The molecule has 0 aliphatic rings. The molecule has 0 aromatic rings. The summed E-state index contributed by atoms with van der Waals surface area (Å²) in [6.07, 6.45) is 2.17. The van der Waals surface area contributed by atoms with Crippen LogP contribution in [0.1, 0.15) is 27.7 Å². The molecule has 0 unspecified atom stereocenters. The fraction of sp³-hybridized carbons (Fsp3) is 1.00. The Morgan fingerprint density at radius 2 is 1.20 bits per heavy atom. The Labute approximate surface area is 127 Å². The second-order valence-corrected chi connectivity index (χ2v) is 6.62. The van der Waals surface area contributed by atoms with Crippen molar-refractivity contribution in [3.8, 4) is 0 Å². The molecular formula is C14H30BO4P. The molecule has 0 saturated heterocycles. The molecule has 0 fully saturated rings. The van der Waals surface area contributed by atoms with Gasteiger partial charge in [-0.25, -0.2) is 0 Å². The Bertz CT molecular complexity index is 190. The van der Waals surface area contributed by atoms with Gasteiger partial charge in [0.25, 0.3) is 0 Å². The summed E-state index contributed by atoms with van der Waals surface area (Å²) >= 11 is 0. The second-order valence-electron chi connectivity index (χ2n) is 4.71. The summed E-state index contributed by atoms with van der Waals surface area (Å²) in [6, 6.07) is 0. The van der Waals surface area contributed by atoms with Crippen molar-refractivity contribution in [3.63, 3.8) is 0 Å². The highest BCUT2D eigenvalue weighted by Crippen LogP contribution is 2.32. The van der Waals surface area contributed by atoms with Gasteiger partial charge in [0.2, 0.25) is 0 Å². The van der Waals surface area contributed by atoms with E-state index in [0.717, 1.165) is 25.5 Å². The van der Waals surface area contributed by atoms with Crippen LogP contribution in [0.3, 0.4) is 0 Å². The van der Waals surface area contributed by atoms with E-state index >= 15 is 0 Å². The molecule has 2 atom stereocenters. The summed E-state index contributed by atoms with van der Waals surface area (Å²) in [6.45, 7) is 12.1. The van der Waals surface area contributed by atoms with E-state index in [1.165, 1.54) is 0 Å². The zero-order valence-electron chi connectivity index (χ0n) is 13.5. The van der Waals surface area contributed by atoms with Crippen LogP contribution in [0.5, 0.6) is 0 Å². The molecule has 0 bridgehead atoms. The third-order valence-electron chi connectivity index (χ3n) is 2.65. The molecule has 0 N–H and O–H groups in total. The van der Waals surface area contributed by atoms with Gasteiger partial charge in [-0.05, 0) is 40.0 Å². The predicted molar refractivity (Wildman–Crippen MR) is 86.2 cm³/mol. The summed E-state index contributed by atoms with van der Waals surface area (Å²) < 4.78 is 21.8. The van der Waals surface area contributed by atoms with Gasteiger partial charge in [-0.15, -0.1) is 0 Å². The van der Waals surface area contributed by atoms with Crippen molar-refractivity contribution in [1.82, 2.24) is 0 Å². The van der Waals surface area contributed by atoms with Crippen LogP contribution in [0.25, 0.3) is 0 Å². The van der Waals surface area contributed by atoms with Crippen molar-refractivity contribution >= 4 is 15.4 Å². The normalized spacial score (nSPS) is 14.7. The number of hydrogen-bond acceptors (Lipinski definition) is 4. The molecule has 4 nitrogen and oxygen atoms in total. The number of hydrogen-bond donors (Lipinski definition) is 0. The minimum Gasteiger partial charge on any atom is -0.379 e. The molecule has 0 heterocycles. The standard InChI is InChI=1S/C14H30BO4P/c1-5-16-7-9-18-13(3)11-20(15)12-14(4)19-10-8-17-6-2/h13-14H,5-12H2,1-4H3/t13-,14-/m0/s1. The Morgan fingerprint density at radius 1 is 0.800 bits per heavy atom. The smallest absolute Gasteiger partial charge is 0.109 e. The lowest BCUT2D eigenvalue weighted by atomic mass is 10.5. The van der Waals surface area contributed by atoms with E-state index in [2.05, 4.69) is 13.8 Å². The largest absolute Gasteiger partial charge is 0.379 e. The zero-order chi connectivity index (χ0) is 15.2. The molecule has 0 aromatic carbocycles. The average molecular weight is 304 g/mol. The Kier molecular flexibility index (Phi) is 14.5. The van der Waals surface area contributed by atoms with Crippen molar-refractivity contribution in [1.29, 1.82) is 0 Å². The number of ether oxygens (including phenoxy) is 4. The summed E-state index contributed by atoms with van der Waals surface area (Å²) in [7, 11) is 5.64. The Balaban J connectivity index is 3.56. The maximum atomic E-state index is 6.18. The van der Waals surface area contributed by atoms with Crippen molar-refractivity contribution in [3.05, 3.63) is 0 Å². The van der Waals surface area contributed by atoms with Gasteiger partial charge in [0.05, 0.1) is 38.6 Å². The second kappa shape index (κ2) is 14.3. The van der Waals surface area contributed by atoms with E-state index in [1.54, 1.807) is 0 Å². The Morgan fingerprint density at radius 3 is 1.55 bits per heavy atom. The van der Waals surface area contributed by atoms with E-state index in [-0.39, 0.29) is 12.2 Å². The quantitative estimate of drug-likeness (QED) is 0.281. The monoisotopic (exact) mass is 304 g/mol.